The van der Waals surface area contributed by atoms with Gasteiger partial charge in [0.1, 0.15) is 0 Å². The minimum atomic E-state index is -0.578. The molecular weight excluding hydrogens is 288 g/mol. The Bertz CT molecular complexity index is 649. The Morgan fingerprint density at radius 2 is 2.09 bits per heavy atom. The number of carbonyl (C=O) groups excluding carboxylic acids is 2. The summed E-state index contributed by atoms with van der Waals surface area (Å²) in [6.45, 7) is 1.42. The first-order valence-electron chi connectivity index (χ1n) is 7.41. The van der Waals surface area contributed by atoms with Crippen LogP contribution in [0.4, 0.5) is 0 Å². The van der Waals surface area contributed by atoms with Crippen LogP contribution in [0.2, 0.25) is 0 Å². The van der Waals surface area contributed by atoms with Crippen LogP contribution in [0.3, 0.4) is 0 Å². The number of piperidine rings is 1. The maximum absolute atomic E-state index is 11.7. The number of hydrogen-bond acceptors (Lipinski definition) is 4. The monoisotopic (exact) mass is 308 g/mol. The van der Waals surface area contributed by atoms with Gasteiger partial charge in [0.2, 0.25) is 11.8 Å². The van der Waals surface area contributed by atoms with E-state index in [4.69, 9.17) is 0 Å². The molecule has 1 aliphatic heterocycles. The zero-order valence-electron chi connectivity index (χ0n) is 12.3. The molecule has 1 aliphatic rings. The topological polar surface area (TPSA) is 115 Å². The van der Waals surface area contributed by atoms with E-state index in [2.05, 4.69) is 15.3 Å². The second-order valence-corrected chi connectivity index (χ2v) is 5.32. The second kappa shape index (κ2) is 7.58. The number of carbonyl (C=O) groups is 2. The SMILES string of the molecule is O=C(CCCN1CCCCC1=O)NCc1c[nH]c(=O)[nH]c1=O. The lowest BCUT2D eigenvalue weighted by Crippen LogP contribution is -2.36. The molecule has 0 aromatic carbocycles. The first-order chi connectivity index (χ1) is 10.6. The van der Waals surface area contributed by atoms with Gasteiger partial charge < -0.3 is 15.2 Å². The molecule has 2 heterocycles. The third-order valence-electron chi connectivity index (χ3n) is 3.63. The fourth-order valence-electron chi connectivity index (χ4n) is 2.38. The standard InChI is InChI=1S/C14H20N4O4/c19-11(4-3-7-18-6-2-1-5-12(18)20)15-8-10-9-16-14(22)17-13(10)21/h9H,1-8H2,(H,15,19)(H2,16,17,21,22). The third-order valence-corrected chi connectivity index (χ3v) is 3.63. The molecule has 2 rings (SSSR count). The summed E-state index contributed by atoms with van der Waals surface area (Å²) in [5, 5.41) is 2.62. The van der Waals surface area contributed by atoms with Crippen molar-refractivity contribution in [2.45, 2.75) is 38.6 Å². The van der Waals surface area contributed by atoms with E-state index < -0.39 is 11.2 Å². The van der Waals surface area contributed by atoms with E-state index in [1.165, 1.54) is 6.20 Å². The lowest BCUT2D eigenvalue weighted by atomic mass is 10.1. The lowest BCUT2D eigenvalue weighted by molar-refractivity contribution is -0.133. The molecule has 22 heavy (non-hydrogen) atoms. The minimum absolute atomic E-state index is 0.0631. The third kappa shape index (κ3) is 4.57. The molecule has 0 unspecified atom stereocenters. The highest BCUT2D eigenvalue weighted by molar-refractivity contribution is 5.77. The highest BCUT2D eigenvalue weighted by Crippen LogP contribution is 2.11. The Labute approximate surface area is 126 Å². The average molecular weight is 308 g/mol. The molecular formula is C14H20N4O4. The van der Waals surface area contributed by atoms with Crippen LogP contribution in [0.5, 0.6) is 0 Å². The highest BCUT2D eigenvalue weighted by Gasteiger charge is 2.17. The first kappa shape index (κ1) is 16.0. The lowest BCUT2D eigenvalue weighted by Gasteiger charge is -2.26. The van der Waals surface area contributed by atoms with Crippen molar-refractivity contribution in [1.29, 1.82) is 0 Å². The van der Waals surface area contributed by atoms with Gasteiger partial charge in [-0.1, -0.05) is 0 Å². The van der Waals surface area contributed by atoms with Crippen LogP contribution in [0.1, 0.15) is 37.7 Å². The zero-order valence-corrected chi connectivity index (χ0v) is 12.3. The molecule has 120 valence electrons. The summed E-state index contributed by atoms with van der Waals surface area (Å²) in [7, 11) is 0. The Kier molecular flexibility index (Phi) is 5.51. The largest absolute Gasteiger partial charge is 0.352 e. The van der Waals surface area contributed by atoms with Crippen molar-refractivity contribution in [2.75, 3.05) is 13.1 Å². The number of amides is 2. The van der Waals surface area contributed by atoms with Gasteiger partial charge >= 0.3 is 5.69 Å². The van der Waals surface area contributed by atoms with Gasteiger partial charge in [-0.15, -0.1) is 0 Å². The Balaban J connectivity index is 1.70. The van der Waals surface area contributed by atoms with Gasteiger partial charge in [0.25, 0.3) is 5.56 Å². The summed E-state index contributed by atoms with van der Waals surface area (Å²) in [6.07, 6.45) is 4.75. The van der Waals surface area contributed by atoms with Crippen molar-refractivity contribution in [3.05, 3.63) is 32.6 Å². The average Bonchev–Trinajstić information content (AvgIpc) is 2.48. The van der Waals surface area contributed by atoms with Crippen LogP contribution in [0, 0.1) is 0 Å². The molecule has 8 nitrogen and oxygen atoms in total. The molecule has 3 N–H and O–H groups in total. The molecule has 8 heteroatoms. The molecule has 1 fully saturated rings. The number of aromatic nitrogens is 2. The van der Waals surface area contributed by atoms with E-state index >= 15 is 0 Å². The van der Waals surface area contributed by atoms with E-state index in [1.54, 1.807) is 4.90 Å². The molecule has 0 saturated carbocycles. The highest BCUT2D eigenvalue weighted by atomic mass is 16.2. The quantitative estimate of drug-likeness (QED) is 0.655. The number of nitrogens with zero attached hydrogens (tertiary/aromatic N) is 1. The van der Waals surface area contributed by atoms with Gasteiger partial charge in [-0.05, 0) is 19.3 Å². The van der Waals surface area contributed by atoms with Gasteiger partial charge in [0, 0.05) is 38.7 Å². The molecule has 0 aliphatic carbocycles. The molecule has 1 saturated heterocycles. The van der Waals surface area contributed by atoms with Crippen molar-refractivity contribution in [3.63, 3.8) is 0 Å². The van der Waals surface area contributed by atoms with Crippen molar-refractivity contribution in [3.8, 4) is 0 Å². The summed E-state index contributed by atoms with van der Waals surface area (Å²) in [6, 6.07) is 0. The van der Waals surface area contributed by atoms with Gasteiger partial charge in [-0.2, -0.15) is 0 Å². The predicted octanol–water partition coefficient (Wildman–Crippen LogP) is -0.528. The molecule has 1 aromatic heterocycles. The maximum Gasteiger partial charge on any atom is 0.325 e. The van der Waals surface area contributed by atoms with Crippen LogP contribution >= 0.6 is 0 Å². The zero-order chi connectivity index (χ0) is 15.9. The van der Waals surface area contributed by atoms with Gasteiger partial charge in [0.05, 0.1) is 5.56 Å². The van der Waals surface area contributed by atoms with Gasteiger partial charge in [-0.3, -0.25) is 19.4 Å². The molecule has 0 radical (unpaired) electrons. The Morgan fingerprint density at radius 1 is 1.27 bits per heavy atom. The number of rotatable bonds is 6. The number of H-pyrrole nitrogens is 2. The van der Waals surface area contributed by atoms with Crippen molar-refractivity contribution in [2.24, 2.45) is 0 Å². The van der Waals surface area contributed by atoms with Gasteiger partial charge in [0.15, 0.2) is 0 Å². The van der Waals surface area contributed by atoms with E-state index in [9.17, 15) is 19.2 Å². The summed E-state index contributed by atoms with van der Waals surface area (Å²) in [5.41, 5.74) is -0.798. The summed E-state index contributed by atoms with van der Waals surface area (Å²) >= 11 is 0. The van der Waals surface area contributed by atoms with Crippen LogP contribution in [-0.4, -0.2) is 39.8 Å². The molecule has 1 aromatic rings. The van der Waals surface area contributed by atoms with Crippen LogP contribution in [-0.2, 0) is 16.1 Å². The van der Waals surface area contributed by atoms with Crippen molar-refractivity contribution >= 4 is 11.8 Å². The summed E-state index contributed by atoms with van der Waals surface area (Å²) in [4.78, 5) is 51.9. The normalized spacial score (nSPS) is 14.9. The predicted molar refractivity (Wildman–Crippen MR) is 79.2 cm³/mol. The molecule has 0 atom stereocenters. The summed E-state index contributed by atoms with van der Waals surface area (Å²) < 4.78 is 0. The number of nitrogens with one attached hydrogen (secondary N) is 3. The van der Waals surface area contributed by atoms with Crippen LogP contribution < -0.4 is 16.6 Å². The Morgan fingerprint density at radius 3 is 2.82 bits per heavy atom. The molecule has 2 amide bonds. The fraction of sp³-hybridized carbons (Fsp3) is 0.571. The minimum Gasteiger partial charge on any atom is -0.352 e. The van der Waals surface area contributed by atoms with Crippen LogP contribution in [0.15, 0.2) is 15.8 Å². The van der Waals surface area contributed by atoms with Crippen molar-refractivity contribution in [1.82, 2.24) is 20.2 Å². The number of likely N-dealkylation sites (tertiary alicyclic amines) is 1. The van der Waals surface area contributed by atoms with Gasteiger partial charge in [-0.25, -0.2) is 4.79 Å². The maximum atomic E-state index is 11.7. The molecule has 0 bridgehead atoms. The van der Waals surface area contributed by atoms with E-state index in [0.717, 1.165) is 19.4 Å². The number of hydrogen-bond donors (Lipinski definition) is 3. The fourth-order valence-corrected chi connectivity index (χ4v) is 2.38. The summed E-state index contributed by atoms with van der Waals surface area (Å²) in [5.74, 6) is -0.0264. The Hall–Kier alpha value is -2.38. The second-order valence-electron chi connectivity index (χ2n) is 5.32. The van der Waals surface area contributed by atoms with Crippen LogP contribution in [0.25, 0.3) is 0 Å². The van der Waals surface area contributed by atoms with E-state index in [0.29, 0.717) is 31.4 Å². The number of aromatic amines is 2. The van der Waals surface area contributed by atoms with Crippen molar-refractivity contribution < 1.29 is 9.59 Å². The first-order valence-corrected chi connectivity index (χ1v) is 7.41. The van der Waals surface area contributed by atoms with E-state index in [1.807, 2.05) is 0 Å². The smallest absolute Gasteiger partial charge is 0.325 e. The molecule has 0 spiro atoms. The van der Waals surface area contributed by atoms with E-state index in [-0.39, 0.29) is 18.4 Å².